The molecule has 0 atom stereocenters. The van der Waals surface area contributed by atoms with Crippen molar-refractivity contribution >= 4 is 29.0 Å². The fraction of sp³-hybridized carbons (Fsp3) is 0.389. The maximum Gasteiger partial charge on any atom is 0.243 e. The summed E-state index contributed by atoms with van der Waals surface area (Å²) in [5.74, 6) is 1.53. The zero-order valence-electron chi connectivity index (χ0n) is 14.0. The lowest BCUT2D eigenvalue weighted by Gasteiger charge is -2.25. The number of aryl methyl sites for hydroxylation is 2. The maximum absolute atomic E-state index is 12.3. The van der Waals surface area contributed by atoms with Crippen LogP contribution in [-0.4, -0.2) is 29.5 Å². The van der Waals surface area contributed by atoms with Crippen molar-refractivity contribution in [3.05, 3.63) is 46.4 Å². The highest BCUT2D eigenvalue weighted by Crippen LogP contribution is 2.27. The van der Waals surface area contributed by atoms with Crippen molar-refractivity contribution in [3.8, 4) is 0 Å². The van der Waals surface area contributed by atoms with Gasteiger partial charge in [0.05, 0.1) is 6.54 Å². The summed E-state index contributed by atoms with van der Waals surface area (Å²) >= 11 is 5.95. The van der Waals surface area contributed by atoms with Crippen LogP contribution in [0.4, 0.5) is 11.5 Å². The van der Waals surface area contributed by atoms with Crippen molar-refractivity contribution in [1.29, 1.82) is 0 Å². The Kier molecular flexibility index (Phi) is 5.00. The van der Waals surface area contributed by atoms with Gasteiger partial charge >= 0.3 is 0 Å². The summed E-state index contributed by atoms with van der Waals surface area (Å²) < 4.78 is 0. The molecule has 5 nitrogen and oxygen atoms in total. The van der Waals surface area contributed by atoms with Gasteiger partial charge in [-0.15, -0.1) is 0 Å². The first-order chi connectivity index (χ1) is 11.5. The number of likely N-dealkylation sites (N-methyl/N-ethyl adjacent to an activating group) is 1. The Labute approximate surface area is 147 Å². The molecule has 0 saturated heterocycles. The largest absolute Gasteiger partial charge is 0.350 e. The molecule has 1 heterocycles. The van der Waals surface area contributed by atoms with Gasteiger partial charge in [0.25, 0.3) is 0 Å². The predicted molar refractivity (Wildman–Crippen MR) is 96.8 cm³/mol. The number of carbonyl (C=O) groups excluding carboxylic acids is 1. The monoisotopic (exact) mass is 344 g/mol. The zero-order valence-corrected chi connectivity index (χ0v) is 14.7. The second kappa shape index (κ2) is 7.18. The molecule has 0 spiro atoms. The first-order valence-electron chi connectivity index (χ1n) is 8.16. The van der Waals surface area contributed by atoms with Gasteiger partial charge in [-0.1, -0.05) is 17.7 Å². The van der Waals surface area contributed by atoms with Gasteiger partial charge in [0.2, 0.25) is 5.91 Å². The van der Waals surface area contributed by atoms with E-state index in [0.29, 0.717) is 10.7 Å². The minimum atomic E-state index is -0.0967. The van der Waals surface area contributed by atoms with Crippen molar-refractivity contribution in [3.63, 3.8) is 0 Å². The van der Waals surface area contributed by atoms with Crippen LogP contribution < -0.4 is 10.2 Å². The fourth-order valence-electron chi connectivity index (χ4n) is 3.07. The van der Waals surface area contributed by atoms with E-state index in [2.05, 4.69) is 15.3 Å². The minimum absolute atomic E-state index is 0.0967. The number of benzene rings is 1. The van der Waals surface area contributed by atoms with E-state index in [-0.39, 0.29) is 12.5 Å². The summed E-state index contributed by atoms with van der Waals surface area (Å²) in [5, 5.41) is 3.47. The Morgan fingerprint density at radius 1 is 1.29 bits per heavy atom. The molecule has 6 heteroatoms. The molecule has 2 aromatic rings. The third-order valence-electron chi connectivity index (χ3n) is 4.12. The standard InChI is InChI=1S/C18H21ClN4O/c1-12-20-16-9-4-3-8-15(16)18(21-12)23(2)11-17(24)22-14-7-5-6-13(19)10-14/h5-7,10H,3-4,8-9,11H2,1-2H3,(H,22,24). The molecule has 0 radical (unpaired) electrons. The van der Waals surface area contributed by atoms with Crippen LogP contribution in [0.1, 0.15) is 29.9 Å². The lowest BCUT2D eigenvalue weighted by atomic mass is 9.96. The topological polar surface area (TPSA) is 58.1 Å². The van der Waals surface area contributed by atoms with Gasteiger partial charge in [-0.3, -0.25) is 4.79 Å². The molecule has 1 aliphatic rings. The molecule has 0 unspecified atom stereocenters. The van der Waals surface area contributed by atoms with E-state index in [1.165, 1.54) is 12.0 Å². The van der Waals surface area contributed by atoms with Gasteiger partial charge in [0, 0.05) is 29.0 Å². The average molecular weight is 345 g/mol. The predicted octanol–water partition coefficient (Wildman–Crippen LogP) is 3.39. The summed E-state index contributed by atoms with van der Waals surface area (Å²) in [7, 11) is 1.90. The van der Waals surface area contributed by atoms with Crippen molar-refractivity contribution in [1.82, 2.24) is 9.97 Å². The van der Waals surface area contributed by atoms with Crippen LogP contribution in [0.2, 0.25) is 5.02 Å². The number of amides is 1. The first kappa shape index (κ1) is 16.7. The smallest absolute Gasteiger partial charge is 0.243 e. The van der Waals surface area contributed by atoms with E-state index >= 15 is 0 Å². The first-order valence-corrected chi connectivity index (χ1v) is 8.53. The number of halogens is 1. The van der Waals surface area contributed by atoms with Gasteiger partial charge in [-0.05, 0) is 50.8 Å². The molecular weight excluding hydrogens is 324 g/mol. The average Bonchev–Trinajstić information content (AvgIpc) is 2.53. The highest BCUT2D eigenvalue weighted by molar-refractivity contribution is 6.30. The van der Waals surface area contributed by atoms with Crippen LogP contribution in [-0.2, 0) is 17.6 Å². The molecule has 1 aliphatic carbocycles. The van der Waals surface area contributed by atoms with E-state index < -0.39 is 0 Å². The van der Waals surface area contributed by atoms with Crippen molar-refractivity contribution in [2.24, 2.45) is 0 Å². The molecule has 0 saturated carbocycles. The molecule has 1 aromatic heterocycles. The number of nitrogens with one attached hydrogen (secondary N) is 1. The Hall–Kier alpha value is -2.14. The van der Waals surface area contributed by atoms with E-state index in [1.807, 2.05) is 31.0 Å². The van der Waals surface area contributed by atoms with E-state index in [9.17, 15) is 4.79 Å². The molecule has 1 amide bonds. The lowest BCUT2D eigenvalue weighted by molar-refractivity contribution is -0.114. The number of hydrogen-bond donors (Lipinski definition) is 1. The molecule has 3 rings (SSSR count). The zero-order chi connectivity index (χ0) is 17.1. The van der Waals surface area contributed by atoms with Crippen LogP contribution in [0.25, 0.3) is 0 Å². The quantitative estimate of drug-likeness (QED) is 0.923. The molecule has 1 aromatic carbocycles. The normalized spacial score (nSPS) is 13.3. The van der Waals surface area contributed by atoms with E-state index in [1.54, 1.807) is 12.1 Å². The number of rotatable bonds is 4. The van der Waals surface area contributed by atoms with Crippen LogP contribution in [0, 0.1) is 6.92 Å². The number of fused-ring (bicyclic) bond motifs is 1. The highest BCUT2D eigenvalue weighted by atomic mass is 35.5. The maximum atomic E-state index is 12.3. The van der Waals surface area contributed by atoms with Gasteiger partial charge in [-0.2, -0.15) is 0 Å². The van der Waals surface area contributed by atoms with Gasteiger partial charge in [0.15, 0.2) is 0 Å². The number of hydrogen-bond acceptors (Lipinski definition) is 4. The molecule has 126 valence electrons. The lowest BCUT2D eigenvalue weighted by Crippen LogP contribution is -2.32. The second-order valence-electron chi connectivity index (χ2n) is 6.14. The summed E-state index contributed by atoms with van der Waals surface area (Å²) in [6.45, 7) is 2.13. The summed E-state index contributed by atoms with van der Waals surface area (Å²) in [6.07, 6.45) is 4.29. The van der Waals surface area contributed by atoms with Crippen LogP contribution in [0.5, 0.6) is 0 Å². The van der Waals surface area contributed by atoms with E-state index in [0.717, 1.165) is 36.6 Å². The van der Waals surface area contributed by atoms with Gasteiger partial charge in [0.1, 0.15) is 11.6 Å². The third-order valence-corrected chi connectivity index (χ3v) is 4.36. The minimum Gasteiger partial charge on any atom is -0.350 e. The molecular formula is C18H21ClN4O. The Morgan fingerprint density at radius 2 is 2.08 bits per heavy atom. The third kappa shape index (κ3) is 3.85. The van der Waals surface area contributed by atoms with Gasteiger partial charge in [-0.25, -0.2) is 9.97 Å². The SMILES string of the molecule is Cc1nc2c(c(N(C)CC(=O)Nc3cccc(Cl)c3)n1)CCCC2. The van der Waals surface area contributed by atoms with Crippen molar-refractivity contribution in [2.45, 2.75) is 32.6 Å². The molecule has 0 fully saturated rings. The van der Waals surface area contributed by atoms with Crippen LogP contribution >= 0.6 is 11.6 Å². The van der Waals surface area contributed by atoms with Crippen molar-refractivity contribution < 1.29 is 4.79 Å². The van der Waals surface area contributed by atoms with Crippen molar-refractivity contribution in [2.75, 3.05) is 23.8 Å². The molecule has 1 N–H and O–H groups in total. The number of carbonyl (C=O) groups is 1. The fourth-order valence-corrected chi connectivity index (χ4v) is 3.26. The number of aromatic nitrogens is 2. The summed E-state index contributed by atoms with van der Waals surface area (Å²) in [6, 6.07) is 7.14. The second-order valence-corrected chi connectivity index (χ2v) is 6.58. The Balaban J connectivity index is 1.74. The summed E-state index contributed by atoms with van der Waals surface area (Å²) in [5.41, 5.74) is 3.01. The molecule has 0 aliphatic heterocycles. The highest BCUT2D eigenvalue weighted by Gasteiger charge is 2.20. The Morgan fingerprint density at radius 3 is 2.88 bits per heavy atom. The Bertz CT molecular complexity index is 763. The number of nitrogens with zero attached hydrogens (tertiary/aromatic N) is 3. The van der Waals surface area contributed by atoms with Crippen LogP contribution in [0.3, 0.4) is 0 Å². The molecule has 24 heavy (non-hydrogen) atoms. The van der Waals surface area contributed by atoms with Gasteiger partial charge < -0.3 is 10.2 Å². The molecule has 0 bridgehead atoms. The van der Waals surface area contributed by atoms with E-state index in [4.69, 9.17) is 11.6 Å². The summed E-state index contributed by atoms with van der Waals surface area (Å²) in [4.78, 5) is 23.4. The van der Waals surface area contributed by atoms with Crippen LogP contribution in [0.15, 0.2) is 24.3 Å². The number of anilines is 2.